The van der Waals surface area contributed by atoms with Crippen LogP contribution in [-0.2, 0) is 4.79 Å². The van der Waals surface area contributed by atoms with Crippen molar-refractivity contribution in [2.45, 2.75) is 113 Å². The van der Waals surface area contributed by atoms with Crippen molar-refractivity contribution >= 4 is 5.78 Å². The summed E-state index contributed by atoms with van der Waals surface area (Å²) in [4.78, 5) is 13.0. The molecule has 0 heterocycles. The second-order valence-electron chi connectivity index (χ2n) is 15.1. The van der Waals surface area contributed by atoms with Crippen LogP contribution in [-0.4, -0.2) is 44.0 Å². The molecule has 0 aliphatic heterocycles. The highest BCUT2D eigenvalue weighted by Crippen LogP contribution is 2.53. The fraction of sp³-hybridized carbons (Fsp3) is 0.525. The Bertz CT molecular complexity index is 1320. The van der Waals surface area contributed by atoms with Crippen molar-refractivity contribution in [3.8, 4) is 0 Å². The van der Waals surface area contributed by atoms with Crippen LogP contribution in [0, 0.1) is 22.2 Å². The van der Waals surface area contributed by atoms with E-state index in [0.717, 1.165) is 16.7 Å². The van der Waals surface area contributed by atoms with E-state index >= 15 is 0 Å². The second-order valence-corrected chi connectivity index (χ2v) is 15.1. The molecule has 5 heteroatoms. The van der Waals surface area contributed by atoms with Gasteiger partial charge in [0.1, 0.15) is 5.76 Å². The van der Waals surface area contributed by atoms with Gasteiger partial charge < -0.3 is 20.4 Å². The van der Waals surface area contributed by atoms with Gasteiger partial charge in [0.15, 0.2) is 5.78 Å². The van der Waals surface area contributed by atoms with Crippen molar-refractivity contribution in [1.82, 2.24) is 0 Å². The van der Waals surface area contributed by atoms with Gasteiger partial charge in [-0.25, -0.2) is 0 Å². The molecule has 5 nitrogen and oxygen atoms in total. The molecular weight excluding hydrogens is 560 g/mol. The molecule has 4 N–H and O–H groups in total. The molecule has 0 aromatic heterocycles. The van der Waals surface area contributed by atoms with Crippen LogP contribution in [0.2, 0.25) is 0 Å². The third-order valence-corrected chi connectivity index (χ3v) is 9.83. The lowest BCUT2D eigenvalue weighted by atomic mass is 9.61. The van der Waals surface area contributed by atoms with E-state index in [9.17, 15) is 25.2 Å². The summed E-state index contributed by atoms with van der Waals surface area (Å²) in [6.45, 7) is 19.7. The van der Waals surface area contributed by atoms with E-state index < -0.39 is 23.2 Å². The van der Waals surface area contributed by atoms with Gasteiger partial charge in [-0.1, -0.05) is 124 Å². The third-order valence-electron chi connectivity index (χ3n) is 9.83. The van der Waals surface area contributed by atoms with Crippen molar-refractivity contribution in [2.24, 2.45) is 22.2 Å². The van der Waals surface area contributed by atoms with E-state index in [2.05, 4.69) is 26.0 Å². The average Bonchev–Trinajstić information content (AvgIpc) is 3.11. The zero-order chi connectivity index (χ0) is 34.2. The summed E-state index contributed by atoms with van der Waals surface area (Å²) in [5, 5.41) is 41.7. The Kier molecular flexibility index (Phi) is 13.2. The van der Waals surface area contributed by atoms with E-state index in [0.29, 0.717) is 31.3 Å². The first kappa shape index (κ1) is 38.2. The second kappa shape index (κ2) is 15.5. The van der Waals surface area contributed by atoms with Crippen molar-refractivity contribution in [2.75, 3.05) is 0 Å². The summed E-state index contributed by atoms with van der Waals surface area (Å²) in [6.07, 6.45) is 26.2. The molecular formula is C40H58O5. The van der Waals surface area contributed by atoms with Crippen molar-refractivity contribution in [3.63, 3.8) is 0 Å². The Balaban J connectivity index is 1.93. The molecule has 2 fully saturated rings. The fourth-order valence-electron chi connectivity index (χ4n) is 6.80. The predicted octanol–water partition coefficient (Wildman–Crippen LogP) is 8.74. The van der Waals surface area contributed by atoms with Crippen LogP contribution in [0.5, 0.6) is 0 Å². The molecule has 45 heavy (non-hydrogen) atoms. The van der Waals surface area contributed by atoms with Gasteiger partial charge in [0.25, 0.3) is 0 Å². The summed E-state index contributed by atoms with van der Waals surface area (Å²) >= 11 is 0. The number of hydrogen-bond donors (Lipinski definition) is 4. The van der Waals surface area contributed by atoms with Crippen LogP contribution in [0.4, 0.5) is 0 Å². The number of rotatable bonds is 11. The van der Waals surface area contributed by atoms with Crippen LogP contribution in [0.1, 0.15) is 94.9 Å². The molecule has 0 amide bonds. The maximum absolute atomic E-state index is 13.0. The molecule has 0 saturated heterocycles. The predicted molar refractivity (Wildman–Crippen MR) is 188 cm³/mol. The molecule has 2 aliphatic carbocycles. The monoisotopic (exact) mass is 618 g/mol. The Morgan fingerprint density at radius 2 is 1.16 bits per heavy atom. The smallest absolute Gasteiger partial charge is 0.165 e. The van der Waals surface area contributed by atoms with Gasteiger partial charge in [-0.15, -0.1) is 0 Å². The number of hydrogen-bond acceptors (Lipinski definition) is 5. The molecule has 0 spiro atoms. The first-order valence-corrected chi connectivity index (χ1v) is 16.1. The number of carbonyl (C=O) groups is 1. The van der Waals surface area contributed by atoms with Crippen LogP contribution in [0.15, 0.2) is 107 Å². The van der Waals surface area contributed by atoms with E-state index in [1.165, 1.54) is 6.08 Å². The minimum Gasteiger partial charge on any atom is -0.508 e. The summed E-state index contributed by atoms with van der Waals surface area (Å²) in [5.41, 5.74) is 1.65. The Morgan fingerprint density at radius 1 is 0.667 bits per heavy atom. The fourth-order valence-corrected chi connectivity index (χ4v) is 6.80. The highest BCUT2D eigenvalue weighted by molar-refractivity contribution is 5.96. The molecule has 0 aromatic rings. The maximum atomic E-state index is 13.0. The first-order valence-electron chi connectivity index (χ1n) is 16.1. The van der Waals surface area contributed by atoms with Crippen LogP contribution in [0.3, 0.4) is 0 Å². The number of allylic oxidation sites excluding steroid dienone is 16. The lowest BCUT2D eigenvalue weighted by molar-refractivity contribution is -0.127. The van der Waals surface area contributed by atoms with Gasteiger partial charge in [0.2, 0.25) is 0 Å². The lowest BCUT2D eigenvalue weighted by Crippen LogP contribution is -2.50. The van der Waals surface area contributed by atoms with Gasteiger partial charge in [-0.2, -0.15) is 0 Å². The number of ketones is 1. The van der Waals surface area contributed by atoms with Crippen molar-refractivity contribution in [3.05, 3.63) is 107 Å². The van der Waals surface area contributed by atoms with Gasteiger partial charge in [0, 0.05) is 23.8 Å². The minimum atomic E-state index is -0.933. The Morgan fingerprint density at radius 3 is 1.67 bits per heavy atom. The molecule has 1 unspecified atom stereocenters. The molecule has 2 saturated carbocycles. The molecule has 5 atom stereocenters. The molecule has 248 valence electrons. The van der Waals surface area contributed by atoms with E-state index in [1.54, 1.807) is 13.0 Å². The van der Waals surface area contributed by atoms with Crippen LogP contribution < -0.4 is 0 Å². The average molecular weight is 619 g/mol. The highest BCUT2D eigenvalue weighted by Gasteiger charge is 2.53. The zero-order valence-electron chi connectivity index (χ0n) is 29.3. The number of aliphatic hydroxyl groups is 4. The quantitative estimate of drug-likeness (QED) is 0.105. The van der Waals surface area contributed by atoms with E-state index in [4.69, 9.17) is 0 Å². The molecule has 0 aromatic carbocycles. The number of aliphatic hydroxyl groups excluding tert-OH is 3. The topological polar surface area (TPSA) is 98.0 Å². The van der Waals surface area contributed by atoms with Gasteiger partial charge in [-0.3, -0.25) is 4.79 Å². The largest absolute Gasteiger partial charge is 0.508 e. The van der Waals surface area contributed by atoms with E-state index in [-0.39, 0.29) is 28.3 Å². The van der Waals surface area contributed by atoms with Gasteiger partial charge >= 0.3 is 0 Å². The summed E-state index contributed by atoms with van der Waals surface area (Å²) in [6, 6.07) is 0. The van der Waals surface area contributed by atoms with Crippen molar-refractivity contribution in [1.29, 1.82) is 0 Å². The summed E-state index contributed by atoms with van der Waals surface area (Å²) in [7, 11) is 0. The molecule has 0 radical (unpaired) electrons. The molecule has 2 rings (SSSR count). The standard InChI is InChI=1S/C40H58O5/c1-28(17-13-18-30(3)21-22-35-37(5,6)24-32(41)27-40(35,10)45)15-11-12-16-29(2)19-14-20-31(4)34(43)23-36(44)39(9)26-33(42)25-38(39,7)8/h11-23,32-33,35,41-43,45H,24-27H2,1-10H3/b12-11+,17-13+,19-14+,22-21+,28-15+,29-16+,30-18+,31-20+,34-23-/t32-,33-,35?,39-,40+/m0/s1. The minimum absolute atomic E-state index is 0.0343. The molecule has 0 bridgehead atoms. The highest BCUT2D eigenvalue weighted by atomic mass is 16.3. The summed E-state index contributed by atoms with van der Waals surface area (Å²) in [5.74, 6) is -0.244. The number of carbonyl (C=O) groups excluding carboxylic acids is 1. The third kappa shape index (κ3) is 10.8. The SMILES string of the molecule is CC(/C=C/C=C(C)/C=C/C1C(C)(C)C[C@H](O)C[C@@]1(C)O)=C\C=C\C=C(C)\C=C\C=C(C)\C(O)=C\C(=O)[C@]1(C)C[C@@H](O)CC1(C)C. The van der Waals surface area contributed by atoms with Gasteiger partial charge in [-0.05, 0) is 70.3 Å². The Labute approximate surface area is 272 Å². The van der Waals surface area contributed by atoms with Gasteiger partial charge in [0.05, 0.1) is 17.8 Å². The zero-order valence-corrected chi connectivity index (χ0v) is 29.3. The van der Waals surface area contributed by atoms with Crippen LogP contribution >= 0.6 is 0 Å². The maximum Gasteiger partial charge on any atom is 0.165 e. The van der Waals surface area contributed by atoms with Crippen molar-refractivity contribution < 1.29 is 25.2 Å². The lowest BCUT2D eigenvalue weighted by Gasteiger charge is -2.48. The normalized spacial score (nSPS) is 32.1. The Hall–Kier alpha value is -2.99. The van der Waals surface area contributed by atoms with E-state index in [1.807, 2.05) is 103 Å². The first-order chi connectivity index (χ1) is 20.7. The van der Waals surface area contributed by atoms with Crippen LogP contribution in [0.25, 0.3) is 0 Å². The molecule has 2 aliphatic rings. The summed E-state index contributed by atoms with van der Waals surface area (Å²) < 4.78 is 0.